The molecule has 23 heavy (non-hydrogen) atoms. The molecule has 5 nitrogen and oxygen atoms in total. The molecule has 1 heterocycles. The Morgan fingerprint density at radius 2 is 2.04 bits per heavy atom. The molecular formula is C17H17FN2O3. The summed E-state index contributed by atoms with van der Waals surface area (Å²) >= 11 is 0. The van der Waals surface area contributed by atoms with Crippen LogP contribution in [0.25, 0.3) is 6.08 Å². The highest BCUT2D eigenvalue weighted by Crippen LogP contribution is 2.19. The third-order valence-corrected chi connectivity index (χ3v) is 3.25. The first kappa shape index (κ1) is 16.6. The van der Waals surface area contributed by atoms with E-state index < -0.39 is 17.3 Å². The number of amides is 1. The fraction of sp³-hybridized carbons (Fsp3) is 0.176. The van der Waals surface area contributed by atoms with Crippen LogP contribution in [-0.2, 0) is 10.4 Å². The zero-order chi connectivity index (χ0) is 16.9. The summed E-state index contributed by atoms with van der Waals surface area (Å²) in [6.07, 6.45) is 5.56. The molecule has 2 rings (SSSR count). The first-order valence-corrected chi connectivity index (χ1v) is 6.95. The Bertz CT molecular complexity index is 712. The van der Waals surface area contributed by atoms with E-state index in [1.165, 1.54) is 61.8 Å². The summed E-state index contributed by atoms with van der Waals surface area (Å²) < 4.78 is 12.9. The van der Waals surface area contributed by atoms with Crippen molar-refractivity contribution in [1.29, 1.82) is 0 Å². The first-order valence-electron chi connectivity index (χ1n) is 6.95. The molecule has 1 unspecified atom stereocenters. The lowest BCUT2D eigenvalue weighted by atomic mass is 9.96. The summed E-state index contributed by atoms with van der Waals surface area (Å²) in [5.74, 6) is -0.793. The summed E-state index contributed by atoms with van der Waals surface area (Å²) in [7, 11) is 0. The fourth-order valence-corrected chi connectivity index (χ4v) is 1.94. The molecule has 0 radical (unpaired) electrons. The molecule has 1 amide bonds. The van der Waals surface area contributed by atoms with Crippen LogP contribution in [0.2, 0.25) is 0 Å². The van der Waals surface area contributed by atoms with Crippen molar-refractivity contribution < 1.29 is 19.4 Å². The van der Waals surface area contributed by atoms with Crippen LogP contribution in [-0.4, -0.2) is 27.6 Å². The van der Waals surface area contributed by atoms with E-state index >= 15 is 0 Å². The minimum Gasteiger partial charge on any atom is -0.506 e. The van der Waals surface area contributed by atoms with Gasteiger partial charge in [0.05, 0.1) is 12.7 Å². The Morgan fingerprint density at radius 1 is 1.35 bits per heavy atom. The van der Waals surface area contributed by atoms with Gasteiger partial charge >= 0.3 is 0 Å². The lowest BCUT2D eigenvalue weighted by Crippen LogP contribution is -2.37. The highest BCUT2D eigenvalue weighted by atomic mass is 19.1. The molecule has 3 N–H and O–H groups in total. The molecule has 1 atom stereocenters. The van der Waals surface area contributed by atoms with Crippen molar-refractivity contribution in [3.8, 4) is 5.75 Å². The van der Waals surface area contributed by atoms with Gasteiger partial charge < -0.3 is 15.5 Å². The molecular weight excluding hydrogens is 299 g/mol. The number of aromatic hydroxyl groups is 1. The van der Waals surface area contributed by atoms with E-state index in [4.69, 9.17) is 0 Å². The Morgan fingerprint density at radius 3 is 2.70 bits per heavy atom. The van der Waals surface area contributed by atoms with E-state index in [9.17, 15) is 19.4 Å². The van der Waals surface area contributed by atoms with Gasteiger partial charge in [-0.15, -0.1) is 0 Å². The van der Waals surface area contributed by atoms with E-state index in [-0.39, 0.29) is 12.3 Å². The summed E-state index contributed by atoms with van der Waals surface area (Å²) in [4.78, 5) is 15.6. The van der Waals surface area contributed by atoms with Gasteiger partial charge in [-0.3, -0.25) is 9.78 Å². The maximum absolute atomic E-state index is 12.9. The zero-order valence-electron chi connectivity index (χ0n) is 12.5. The Balaban J connectivity index is 1.94. The predicted molar refractivity (Wildman–Crippen MR) is 83.9 cm³/mol. The largest absolute Gasteiger partial charge is 0.506 e. The number of pyridine rings is 1. The van der Waals surface area contributed by atoms with Crippen LogP contribution in [0.1, 0.15) is 18.1 Å². The number of nitrogens with zero attached hydrogens (tertiary/aromatic N) is 1. The number of hydrogen-bond acceptors (Lipinski definition) is 4. The van der Waals surface area contributed by atoms with Crippen LogP contribution in [0, 0.1) is 5.82 Å². The van der Waals surface area contributed by atoms with Gasteiger partial charge in [0.15, 0.2) is 0 Å². The van der Waals surface area contributed by atoms with Gasteiger partial charge in [0.1, 0.15) is 17.2 Å². The van der Waals surface area contributed by atoms with Gasteiger partial charge in [-0.05, 0) is 42.3 Å². The zero-order valence-corrected chi connectivity index (χ0v) is 12.5. The average molecular weight is 316 g/mol. The maximum Gasteiger partial charge on any atom is 0.244 e. The normalized spacial score (nSPS) is 13.7. The number of aromatic nitrogens is 1. The minimum absolute atomic E-state index is 0.00630. The van der Waals surface area contributed by atoms with Gasteiger partial charge in [0.25, 0.3) is 0 Å². The maximum atomic E-state index is 12.9. The monoisotopic (exact) mass is 316 g/mol. The van der Waals surface area contributed by atoms with E-state index in [1.54, 1.807) is 0 Å². The minimum atomic E-state index is -1.32. The second-order valence-electron chi connectivity index (χ2n) is 5.31. The highest BCUT2D eigenvalue weighted by molar-refractivity contribution is 5.91. The first-order chi connectivity index (χ1) is 10.9. The van der Waals surface area contributed by atoms with Gasteiger partial charge in [0, 0.05) is 12.3 Å². The highest BCUT2D eigenvalue weighted by Gasteiger charge is 2.23. The van der Waals surface area contributed by atoms with Crippen molar-refractivity contribution in [3.63, 3.8) is 0 Å². The number of benzene rings is 1. The van der Waals surface area contributed by atoms with Crippen molar-refractivity contribution in [2.75, 3.05) is 6.54 Å². The van der Waals surface area contributed by atoms with Gasteiger partial charge in [0.2, 0.25) is 5.91 Å². The topological polar surface area (TPSA) is 82.5 Å². The molecule has 0 spiro atoms. The number of hydrogen-bond donors (Lipinski definition) is 3. The number of nitrogens with one attached hydrogen (secondary N) is 1. The van der Waals surface area contributed by atoms with Crippen LogP contribution < -0.4 is 5.32 Å². The van der Waals surface area contributed by atoms with Gasteiger partial charge in [-0.1, -0.05) is 12.1 Å². The van der Waals surface area contributed by atoms with Crippen molar-refractivity contribution in [3.05, 3.63) is 65.7 Å². The van der Waals surface area contributed by atoms with Crippen molar-refractivity contribution in [2.45, 2.75) is 12.5 Å². The lowest BCUT2D eigenvalue weighted by molar-refractivity contribution is -0.117. The number of rotatable bonds is 5. The third-order valence-electron chi connectivity index (χ3n) is 3.25. The molecule has 2 aromatic rings. The molecule has 0 bridgehead atoms. The van der Waals surface area contributed by atoms with Crippen LogP contribution in [0.5, 0.6) is 5.75 Å². The molecule has 0 aliphatic heterocycles. The Kier molecular flexibility index (Phi) is 5.08. The van der Waals surface area contributed by atoms with Crippen molar-refractivity contribution in [2.24, 2.45) is 0 Å². The third kappa shape index (κ3) is 4.89. The predicted octanol–water partition coefficient (Wildman–Crippen LogP) is 1.96. The van der Waals surface area contributed by atoms with Crippen LogP contribution in [0.3, 0.4) is 0 Å². The molecule has 0 fully saturated rings. The smallest absolute Gasteiger partial charge is 0.244 e. The van der Waals surface area contributed by atoms with E-state index in [1.807, 2.05) is 0 Å². The standard InChI is InChI=1S/C17H17FN2O3/c1-17(23,13-3-5-14(18)6-4-13)11-20-16(22)7-2-12-8-15(21)10-19-9-12/h2-10,21,23H,11H2,1H3,(H,20,22)/b7-2+. The second-order valence-corrected chi connectivity index (χ2v) is 5.31. The van der Waals surface area contributed by atoms with Crippen LogP contribution >= 0.6 is 0 Å². The molecule has 1 aromatic heterocycles. The summed E-state index contributed by atoms with van der Waals surface area (Å²) in [5, 5.41) is 22.2. The fourth-order valence-electron chi connectivity index (χ4n) is 1.94. The summed E-state index contributed by atoms with van der Waals surface area (Å²) in [6, 6.07) is 6.90. The SMILES string of the molecule is CC(O)(CNC(=O)/C=C/c1cncc(O)c1)c1ccc(F)cc1. The summed E-state index contributed by atoms with van der Waals surface area (Å²) in [5.41, 5.74) is -0.241. The number of halogens is 1. The molecule has 0 aliphatic rings. The molecule has 1 aromatic carbocycles. The van der Waals surface area contributed by atoms with Crippen LogP contribution in [0.4, 0.5) is 4.39 Å². The molecule has 0 saturated carbocycles. The lowest BCUT2D eigenvalue weighted by Gasteiger charge is -2.23. The number of carbonyl (C=O) groups is 1. The Labute approximate surface area is 133 Å². The van der Waals surface area contributed by atoms with E-state index in [0.29, 0.717) is 11.1 Å². The average Bonchev–Trinajstić information content (AvgIpc) is 2.51. The number of carbonyl (C=O) groups excluding carboxylic acids is 1. The van der Waals surface area contributed by atoms with Crippen molar-refractivity contribution in [1.82, 2.24) is 10.3 Å². The molecule has 0 saturated heterocycles. The van der Waals surface area contributed by atoms with E-state index in [0.717, 1.165) is 0 Å². The summed E-state index contributed by atoms with van der Waals surface area (Å²) in [6.45, 7) is 1.50. The van der Waals surface area contributed by atoms with Gasteiger partial charge in [-0.25, -0.2) is 4.39 Å². The quantitative estimate of drug-likeness (QED) is 0.737. The van der Waals surface area contributed by atoms with Crippen LogP contribution in [0.15, 0.2) is 48.8 Å². The van der Waals surface area contributed by atoms with Crippen molar-refractivity contribution >= 4 is 12.0 Å². The van der Waals surface area contributed by atoms with E-state index in [2.05, 4.69) is 10.3 Å². The molecule has 0 aliphatic carbocycles. The molecule has 6 heteroatoms. The Hall–Kier alpha value is -2.73. The second kappa shape index (κ2) is 7.02. The number of aliphatic hydroxyl groups is 1. The molecule has 120 valence electrons. The van der Waals surface area contributed by atoms with Gasteiger partial charge in [-0.2, -0.15) is 0 Å².